The maximum atomic E-state index is 12.3. The summed E-state index contributed by atoms with van der Waals surface area (Å²) in [4.78, 5) is 37.6. The Labute approximate surface area is 269 Å². The normalized spacial score (nSPS) is 14.9. The molecule has 1 heterocycles. The number of nitrogens with zero attached hydrogens (tertiary/aromatic N) is 1. The van der Waals surface area contributed by atoms with Crippen molar-refractivity contribution >= 4 is 25.9 Å². The molecular weight excluding hydrogens is 614 g/mol. The van der Waals surface area contributed by atoms with Crippen molar-refractivity contribution < 1.29 is 37.9 Å². The molecule has 3 N–H and O–H groups in total. The van der Waals surface area contributed by atoms with Crippen LogP contribution in [0.15, 0.2) is 21.9 Å². The summed E-state index contributed by atoms with van der Waals surface area (Å²) in [5.74, 6) is -0.758. The van der Waals surface area contributed by atoms with Gasteiger partial charge in [-0.1, -0.05) is 46.4 Å². The van der Waals surface area contributed by atoms with Gasteiger partial charge in [0.25, 0.3) is 5.56 Å². The van der Waals surface area contributed by atoms with Gasteiger partial charge in [0.1, 0.15) is 0 Å². The molecule has 0 bridgehead atoms. The molecule has 1 saturated carbocycles. The molecule has 1 aliphatic rings. The summed E-state index contributed by atoms with van der Waals surface area (Å²) in [6.45, 7) is 17.5. The van der Waals surface area contributed by atoms with Crippen molar-refractivity contribution in [2.75, 3.05) is 46.5 Å². The van der Waals surface area contributed by atoms with E-state index in [1.54, 1.807) is 7.11 Å². The van der Waals surface area contributed by atoms with Crippen LogP contribution in [0.1, 0.15) is 100.0 Å². The first-order valence-corrected chi connectivity index (χ1v) is 17.1. The molecule has 0 aromatic carbocycles. The highest BCUT2D eigenvalue weighted by molar-refractivity contribution is 8.13. The molecule has 0 spiro atoms. The van der Waals surface area contributed by atoms with Crippen LogP contribution in [0.2, 0.25) is 0 Å². The number of aromatic amines is 1. The minimum Gasteiger partial charge on any atom is -0.380 e. The van der Waals surface area contributed by atoms with E-state index < -0.39 is 22.5 Å². The minimum atomic E-state index is -1.31. The summed E-state index contributed by atoms with van der Waals surface area (Å²) >= 11 is 1.24. The van der Waals surface area contributed by atoms with Crippen LogP contribution < -0.4 is 11.2 Å². The molecule has 0 amide bonds. The van der Waals surface area contributed by atoms with Crippen molar-refractivity contribution in [2.24, 2.45) is 5.41 Å². The van der Waals surface area contributed by atoms with Crippen LogP contribution in [-0.4, -0.2) is 83.2 Å². The fraction of sp³-hybridized carbons (Fsp3) is 0.833. The second-order valence-electron chi connectivity index (χ2n) is 9.96. The zero-order valence-corrected chi connectivity index (χ0v) is 30.4. The number of carbonyl (C=O) groups excluding carboxylic acids is 1. The summed E-state index contributed by atoms with van der Waals surface area (Å²) < 4.78 is 32.9. The van der Waals surface area contributed by atoms with E-state index in [1.807, 2.05) is 55.4 Å². The van der Waals surface area contributed by atoms with Gasteiger partial charge in [0.05, 0.1) is 38.5 Å². The molecule has 262 valence electrons. The Morgan fingerprint density at radius 3 is 2.20 bits per heavy atom. The lowest BCUT2D eigenvalue weighted by Gasteiger charge is -2.22. The maximum absolute atomic E-state index is 12.3. The van der Waals surface area contributed by atoms with Gasteiger partial charge in [0, 0.05) is 50.6 Å². The number of hydrogen-bond donors (Lipinski definition) is 3. The van der Waals surface area contributed by atoms with Gasteiger partial charge in [-0.05, 0) is 46.5 Å². The number of aliphatic hydroxyl groups is 2. The number of H-pyrrole nitrogens is 1. The SMILES string of the molecule is CC.CC.CCCOCC(C)(C)C(=O)SCCOPOCC(CC(C)n1ccc(=O)[nH]c1=O)OC.CF.OC1(O)CCCC1. The number of ether oxygens (including phenoxy) is 2. The lowest BCUT2D eigenvalue weighted by Crippen LogP contribution is -2.32. The summed E-state index contributed by atoms with van der Waals surface area (Å²) in [6.07, 6.45) is 5.76. The standard InChI is InChI=1S/C20H35N2O7PS.C5H10O2.2C2H6.CH3F/c1-6-9-27-14-20(3,4)18(24)31-11-10-28-30-29-13-16(26-5)12-15(2)22-8-7-17(23)21-19(22)25;6-5(7)3-1-2-4-5;3*1-2/h7-8,15-16,30H,6,9-14H2,1-5H3,(H,21,23,25);6-7H,1-4H2;2*1-2H3;1H3. The first kappa shape index (κ1) is 47.2. The molecule has 1 fully saturated rings. The third-order valence-corrected chi connectivity index (χ3v) is 7.63. The van der Waals surface area contributed by atoms with Gasteiger partial charge in [-0.2, -0.15) is 0 Å². The van der Waals surface area contributed by atoms with Crippen molar-refractivity contribution in [2.45, 2.75) is 112 Å². The molecule has 14 heteroatoms. The Bertz CT molecular complexity index is 924. The predicted molar refractivity (Wildman–Crippen MR) is 179 cm³/mol. The lowest BCUT2D eigenvalue weighted by atomic mass is 9.97. The molecule has 11 nitrogen and oxygen atoms in total. The highest BCUT2D eigenvalue weighted by Gasteiger charge is 2.28. The maximum Gasteiger partial charge on any atom is 0.328 e. The number of rotatable bonds is 16. The van der Waals surface area contributed by atoms with Crippen LogP contribution in [0.3, 0.4) is 0 Å². The first-order chi connectivity index (χ1) is 20.9. The Hall–Kier alpha value is -1.18. The summed E-state index contributed by atoms with van der Waals surface area (Å²) in [7, 11) is 1.91. The molecular formula is C30H60FN2O9PS. The number of aromatic nitrogens is 2. The summed E-state index contributed by atoms with van der Waals surface area (Å²) in [5.41, 5.74) is -1.39. The second kappa shape index (κ2) is 29.2. The molecule has 44 heavy (non-hydrogen) atoms. The van der Waals surface area contributed by atoms with E-state index in [1.165, 1.54) is 28.6 Å². The molecule has 3 atom stereocenters. The zero-order chi connectivity index (χ0) is 34.6. The quantitative estimate of drug-likeness (QED) is 0.114. The molecule has 2 rings (SSSR count). The molecule has 0 radical (unpaired) electrons. The van der Waals surface area contributed by atoms with E-state index in [0.29, 0.717) is 58.6 Å². The van der Waals surface area contributed by atoms with Crippen molar-refractivity contribution in [1.29, 1.82) is 0 Å². The van der Waals surface area contributed by atoms with Gasteiger partial charge in [-0.15, -0.1) is 0 Å². The number of thioether (sulfide) groups is 1. The van der Waals surface area contributed by atoms with E-state index in [9.17, 15) is 18.8 Å². The van der Waals surface area contributed by atoms with Gasteiger partial charge in [-0.3, -0.25) is 23.5 Å². The number of methoxy groups -OCH3 is 1. The van der Waals surface area contributed by atoms with Crippen molar-refractivity contribution in [3.63, 3.8) is 0 Å². The van der Waals surface area contributed by atoms with Gasteiger partial charge >= 0.3 is 5.69 Å². The van der Waals surface area contributed by atoms with Gasteiger partial charge in [-0.25, -0.2) is 4.79 Å². The molecule has 3 unspecified atom stereocenters. The fourth-order valence-corrected chi connectivity index (χ4v) is 5.03. The Kier molecular flexibility index (Phi) is 31.4. The van der Waals surface area contributed by atoms with Crippen LogP contribution in [0.25, 0.3) is 0 Å². The molecule has 0 saturated heterocycles. The van der Waals surface area contributed by atoms with Gasteiger partial charge in [0.15, 0.2) is 19.9 Å². The number of carbonyl (C=O) groups is 1. The van der Waals surface area contributed by atoms with Crippen molar-refractivity contribution in [1.82, 2.24) is 9.55 Å². The van der Waals surface area contributed by atoms with Gasteiger partial charge in [0.2, 0.25) is 0 Å². The summed E-state index contributed by atoms with van der Waals surface area (Å²) in [5, 5.41) is 17.6. The van der Waals surface area contributed by atoms with Crippen LogP contribution in [0, 0.1) is 5.41 Å². The largest absolute Gasteiger partial charge is 0.380 e. The number of nitrogens with one attached hydrogen (secondary N) is 1. The highest BCUT2D eigenvalue weighted by Crippen LogP contribution is 2.26. The lowest BCUT2D eigenvalue weighted by molar-refractivity contribution is -0.152. The topological polar surface area (TPSA) is 149 Å². The molecule has 0 aliphatic heterocycles. The van der Waals surface area contributed by atoms with Crippen LogP contribution in [0.4, 0.5) is 4.39 Å². The first-order valence-electron chi connectivity index (χ1n) is 15.3. The van der Waals surface area contributed by atoms with E-state index in [4.69, 9.17) is 28.7 Å². The van der Waals surface area contributed by atoms with Crippen molar-refractivity contribution in [3.05, 3.63) is 33.1 Å². The third-order valence-electron chi connectivity index (χ3n) is 5.84. The number of alkyl halides is 1. The zero-order valence-electron chi connectivity index (χ0n) is 28.6. The average molecular weight is 675 g/mol. The van der Waals surface area contributed by atoms with E-state index in [2.05, 4.69) is 4.98 Å². The minimum absolute atomic E-state index is 0.0855. The third kappa shape index (κ3) is 23.2. The van der Waals surface area contributed by atoms with E-state index >= 15 is 0 Å². The van der Waals surface area contributed by atoms with Crippen molar-refractivity contribution in [3.8, 4) is 0 Å². The van der Waals surface area contributed by atoms with E-state index in [-0.39, 0.29) is 26.3 Å². The van der Waals surface area contributed by atoms with Gasteiger partial charge < -0.3 is 28.7 Å². The smallest absolute Gasteiger partial charge is 0.328 e. The van der Waals surface area contributed by atoms with Crippen LogP contribution in [-0.2, 0) is 23.3 Å². The molecule has 1 aromatic rings. The Morgan fingerprint density at radius 2 is 1.73 bits per heavy atom. The van der Waals surface area contributed by atoms with E-state index in [0.717, 1.165) is 19.3 Å². The Morgan fingerprint density at radius 1 is 1.14 bits per heavy atom. The second-order valence-corrected chi connectivity index (χ2v) is 11.8. The number of halogens is 1. The highest BCUT2D eigenvalue weighted by atomic mass is 32.2. The van der Waals surface area contributed by atoms with Crippen LogP contribution >= 0.6 is 20.8 Å². The summed E-state index contributed by atoms with van der Waals surface area (Å²) in [6, 6.07) is 1.14. The molecule has 1 aromatic heterocycles. The molecule has 1 aliphatic carbocycles. The number of hydrogen-bond acceptors (Lipinski definition) is 10. The predicted octanol–water partition coefficient (Wildman–Crippen LogP) is 5.64. The average Bonchev–Trinajstić information content (AvgIpc) is 3.42. The monoisotopic (exact) mass is 674 g/mol. The fourth-order valence-electron chi connectivity index (χ4n) is 3.55. The Balaban J connectivity index is -0.00000108. The van der Waals surface area contributed by atoms with Crippen LogP contribution in [0.5, 0.6) is 0 Å².